The van der Waals surface area contributed by atoms with Crippen LogP contribution in [0.15, 0.2) is 46.9 Å². The summed E-state index contributed by atoms with van der Waals surface area (Å²) in [7, 11) is 1.69. The van der Waals surface area contributed by atoms with Gasteiger partial charge in [-0.1, -0.05) is 30.3 Å². The lowest BCUT2D eigenvalue weighted by Gasteiger charge is -2.18. The molecule has 2 aromatic heterocycles. The molecule has 0 bridgehead atoms. The summed E-state index contributed by atoms with van der Waals surface area (Å²) in [5.74, 6) is 1.39. The number of para-hydroxylation sites is 1. The van der Waals surface area contributed by atoms with E-state index in [2.05, 4.69) is 20.6 Å². The predicted molar refractivity (Wildman–Crippen MR) is 84.8 cm³/mol. The highest BCUT2D eigenvalue weighted by Crippen LogP contribution is 2.24. The number of ether oxygens (including phenoxy) is 1. The number of benzene rings is 1. The molecule has 8 heteroatoms. The maximum atomic E-state index is 12.4. The van der Waals surface area contributed by atoms with E-state index in [1.807, 2.05) is 37.3 Å². The molecule has 0 aliphatic heterocycles. The maximum absolute atomic E-state index is 12.4. The van der Waals surface area contributed by atoms with E-state index in [1.165, 1.54) is 0 Å². The molecule has 0 saturated heterocycles. The van der Waals surface area contributed by atoms with Crippen LogP contribution in [0.3, 0.4) is 0 Å². The van der Waals surface area contributed by atoms with E-state index in [0.717, 1.165) is 0 Å². The van der Waals surface area contributed by atoms with Crippen LogP contribution in [-0.2, 0) is 0 Å². The van der Waals surface area contributed by atoms with Crippen molar-refractivity contribution in [1.29, 1.82) is 0 Å². The number of nitrogens with one attached hydrogen (secondary N) is 1. The highest BCUT2D eigenvalue weighted by atomic mass is 16.6. The largest absolute Gasteiger partial charge is 0.426 e. The van der Waals surface area contributed by atoms with Crippen LogP contribution in [-0.4, -0.2) is 45.0 Å². The van der Waals surface area contributed by atoms with Gasteiger partial charge in [-0.05, 0) is 18.2 Å². The van der Waals surface area contributed by atoms with Crippen LogP contribution in [0.2, 0.25) is 0 Å². The lowest BCUT2D eigenvalue weighted by molar-refractivity contribution is 0.0750. The number of furan rings is 1. The number of amides is 1. The first kappa shape index (κ1) is 15.7. The molecular weight excluding hydrogens is 310 g/mol. The fraction of sp³-hybridized carbons (Fsp3) is 0.250. The molecule has 0 aliphatic rings. The number of rotatable bonds is 6. The van der Waals surface area contributed by atoms with Crippen molar-refractivity contribution >= 4 is 5.91 Å². The van der Waals surface area contributed by atoms with Crippen LogP contribution >= 0.6 is 0 Å². The van der Waals surface area contributed by atoms with E-state index in [9.17, 15) is 4.79 Å². The second kappa shape index (κ2) is 6.95. The fourth-order valence-electron chi connectivity index (χ4n) is 2.24. The summed E-state index contributed by atoms with van der Waals surface area (Å²) in [4.78, 5) is 14.0. The van der Waals surface area contributed by atoms with Gasteiger partial charge in [0.1, 0.15) is 5.75 Å². The maximum Gasteiger partial charge on any atom is 0.290 e. The van der Waals surface area contributed by atoms with E-state index < -0.39 is 0 Å². The summed E-state index contributed by atoms with van der Waals surface area (Å²) in [5, 5.41) is 13.8. The molecule has 0 fully saturated rings. The Hall–Kier alpha value is -3.16. The molecule has 24 heavy (non-hydrogen) atoms. The second-order valence-electron chi connectivity index (χ2n) is 5.39. The van der Waals surface area contributed by atoms with Crippen molar-refractivity contribution in [2.24, 2.45) is 0 Å². The van der Waals surface area contributed by atoms with Gasteiger partial charge in [-0.3, -0.25) is 4.79 Å². The highest BCUT2D eigenvalue weighted by molar-refractivity contribution is 5.91. The monoisotopic (exact) mass is 327 g/mol. The van der Waals surface area contributed by atoms with Crippen molar-refractivity contribution in [1.82, 2.24) is 25.5 Å². The Morgan fingerprint density at radius 2 is 2.08 bits per heavy atom. The van der Waals surface area contributed by atoms with Crippen molar-refractivity contribution in [3.05, 3.63) is 54.0 Å². The van der Waals surface area contributed by atoms with Crippen LogP contribution in [0.1, 0.15) is 29.2 Å². The average molecular weight is 327 g/mol. The molecule has 1 N–H and O–H groups in total. The SMILES string of the molecule is C[C@@H](CN(C)C(=O)c1ccc(Oc2ccccc2)o1)c1nn[nH]n1. The molecule has 8 nitrogen and oxygen atoms in total. The summed E-state index contributed by atoms with van der Waals surface area (Å²) in [6.07, 6.45) is 0. The van der Waals surface area contributed by atoms with E-state index in [4.69, 9.17) is 9.15 Å². The molecule has 124 valence electrons. The third-order valence-electron chi connectivity index (χ3n) is 3.45. The van der Waals surface area contributed by atoms with Crippen molar-refractivity contribution < 1.29 is 13.9 Å². The number of hydrogen-bond donors (Lipinski definition) is 1. The van der Waals surface area contributed by atoms with Gasteiger partial charge in [-0.2, -0.15) is 5.21 Å². The molecule has 0 saturated carbocycles. The van der Waals surface area contributed by atoms with Gasteiger partial charge < -0.3 is 14.1 Å². The molecule has 3 rings (SSSR count). The summed E-state index contributed by atoms with van der Waals surface area (Å²) in [6.45, 7) is 2.36. The van der Waals surface area contributed by atoms with Gasteiger partial charge in [0, 0.05) is 25.6 Å². The second-order valence-corrected chi connectivity index (χ2v) is 5.39. The van der Waals surface area contributed by atoms with Crippen molar-refractivity contribution in [3.63, 3.8) is 0 Å². The van der Waals surface area contributed by atoms with E-state index in [-0.39, 0.29) is 23.5 Å². The molecule has 0 spiro atoms. The zero-order valence-electron chi connectivity index (χ0n) is 13.3. The van der Waals surface area contributed by atoms with Crippen LogP contribution < -0.4 is 4.74 Å². The fourth-order valence-corrected chi connectivity index (χ4v) is 2.24. The first-order valence-corrected chi connectivity index (χ1v) is 7.45. The first-order valence-electron chi connectivity index (χ1n) is 7.45. The third-order valence-corrected chi connectivity index (χ3v) is 3.45. The summed E-state index contributed by atoms with van der Waals surface area (Å²) in [5.41, 5.74) is 0. The van der Waals surface area contributed by atoms with E-state index in [1.54, 1.807) is 24.1 Å². The van der Waals surface area contributed by atoms with Crippen LogP contribution in [0, 0.1) is 0 Å². The number of tetrazole rings is 1. The molecule has 1 amide bonds. The lowest BCUT2D eigenvalue weighted by atomic mass is 10.1. The minimum Gasteiger partial charge on any atom is -0.426 e. The summed E-state index contributed by atoms with van der Waals surface area (Å²) in [6, 6.07) is 12.4. The number of likely N-dealkylation sites (N-methyl/N-ethyl adjacent to an activating group) is 1. The number of nitrogens with zero attached hydrogens (tertiary/aromatic N) is 4. The van der Waals surface area contributed by atoms with Crippen molar-refractivity contribution in [3.8, 4) is 11.7 Å². The Labute approximate surface area is 138 Å². The Morgan fingerprint density at radius 1 is 1.29 bits per heavy atom. The third kappa shape index (κ3) is 3.60. The van der Waals surface area contributed by atoms with E-state index >= 15 is 0 Å². The topological polar surface area (TPSA) is 97.1 Å². The number of carbonyl (C=O) groups excluding carboxylic acids is 1. The van der Waals surface area contributed by atoms with Gasteiger partial charge in [0.05, 0.1) is 0 Å². The Bertz CT molecular complexity index is 785. The van der Waals surface area contributed by atoms with Gasteiger partial charge in [0.25, 0.3) is 11.9 Å². The van der Waals surface area contributed by atoms with Crippen molar-refractivity contribution in [2.75, 3.05) is 13.6 Å². The zero-order valence-corrected chi connectivity index (χ0v) is 13.3. The van der Waals surface area contributed by atoms with Crippen LogP contribution in [0.4, 0.5) is 0 Å². The number of carbonyl (C=O) groups is 1. The zero-order chi connectivity index (χ0) is 16.9. The minimum absolute atomic E-state index is 0.0484. The lowest BCUT2D eigenvalue weighted by Crippen LogP contribution is -2.30. The molecule has 0 radical (unpaired) electrons. The minimum atomic E-state index is -0.242. The number of hydrogen-bond acceptors (Lipinski definition) is 6. The average Bonchev–Trinajstić information content (AvgIpc) is 3.27. The Morgan fingerprint density at radius 3 is 2.79 bits per heavy atom. The van der Waals surface area contributed by atoms with E-state index in [0.29, 0.717) is 18.1 Å². The van der Waals surface area contributed by atoms with Gasteiger partial charge in [0.15, 0.2) is 11.6 Å². The Balaban J connectivity index is 1.62. The van der Waals surface area contributed by atoms with Crippen LogP contribution in [0.25, 0.3) is 0 Å². The molecule has 1 atom stereocenters. The molecule has 0 aliphatic carbocycles. The summed E-state index contributed by atoms with van der Waals surface area (Å²) >= 11 is 0. The van der Waals surface area contributed by atoms with Crippen molar-refractivity contribution in [2.45, 2.75) is 12.8 Å². The molecule has 0 unspecified atom stereocenters. The molecule has 3 aromatic rings. The highest BCUT2D eigenvalue weighted by Gasteiger charge is 2.20. The standard InChI is InChI=1S/C16H17N5O3/c1-11(15-17-19-20-18-15)10-21(2)16(22)13-8-9-14(24-13)23-12-6-4-3-5-7-12/h3-9,11H,10H2,1-2H3,(H,17,18,19,20)/t11-/m0/s1. The molecule has 1 aromatic carbocycles. The quantitative estimate of drug-likeness (QED) is 0.747. The smallest absolute Gasteiger partial charge is 0.290 e. The predicted octanol–water partition coefficient (Wildman–Crippen LogP) is 2.46. The number of aromatic nitrogens is 4. The normalized spacial score (nSPS) is 11.9. The van der Waals surface area contributed by atoms with Crippen LogP contribution in [0.5, 0.6) is 11.7 Å². The number of aromatic amines is 1. The van der Waals surface area contributed by atoms with Gasteiger partial charge in [-0.15, -0.1) is 10.2 Å². The summed E-state index contributed by atoms with van der Waals surface area (Å²) < 4.78 is 11.0. The van der Waals surface area contributed by atoms with Gasteiger partial charge in [-0.25, -0.2) is 0 Å². The van der Waals surface area contributed by atoms with Gasteiger partial charge >= 0.3 is 0 Å². The molecular formula is C16H17N5O3. The Kier molecular flexibility index (Phi) is 4.55. The first-order chi connectivity index (χ1) is 11.6. The number of H-pyrrole nitrogens is 1. The molecule has 2 heterocycles. The van der Waals surface area contributed by atoms with Gasteiger partial charge in [0.2, 0.25) is 0 Å².